The first-order valence-corrected chi connectivity index (χ1v) is 10.1. The Morgan fingerprint density at radius 2 is 1.86 bits per heavy atom. The quantitative estimate of drug-likeness (QED) is 0.645. The van der Waals surface area contributed by atoms with E-state index in [1.54, 1.807) is 4.68 Å². The van der Waals surface area contributed by atoms with Gasteiger partial charge in [0.1, 0.15) is 11.9 Å². The Bertz CT molecular complexity index is 1030. The van der Waals surface area contributed by atoms with Gasteiger partial charge in [-0.3, -0.25) is 9.69 Å². The monoisotopic (exact) mass is 410 g/mol. The van der Waals surface area contributed by atoms with Crippen LogP contribution in [-0.4, -0.2) is 46.0 Å². The van der Waals surface area contributed by atoms with Gasteiger partial charge in [-0.05, 0) is 24.6 Å². The molecule has 0 N–H and O–H groups in total. The van der Waals surface area contributed by atoms with Gasteiger partial charge >= 0.3 is 0 Å². The van der Waals surface area contributed by atoms with Crippen molar-refractivity contribution in [3.8, 4) is 11.4 Å². The first-order chi connectivity index (χ1) is 14.1. The highest BCUT2D eigenvalue weighted by Gasteiger charge is 2.23. The summed E-state index contributed by atoms with van der Waals surface area (Å²) in [5.41, 5.74) is 2.13. The van der Waals surface area contributed by atoms with Crippen molar-refractivity contribution >= 4 is 11.6 Å². The molecular formula is C22H23ClN4O2. The molecule has 0 saturated carbocycles. The second-order valence-electron chi connectivity index (χ2n) is 7.08. The van der Waals surface area contributed by atoms with Gasteiger partial charge in [-0.2, -0.15) is 0 Å². The second-order valence-corrected chi connectivity index (χ2v) is 7.52. The van der Waals surface area contributed by atoms with E-state index >= 15 is 0 Å². The maximum absolute atomic E-state index is 13.3. The summed E-state index contributed by atoms with van der Waals surface area (Å²) < 4.78 is 7.00. The number of morpholine rings is 1. The molecule has 1 fully saturated rings. The molecule has 1 aliphatic heterocycles. The Balaban J connectivity index is 1.79. The first-order valence-electron chi connectivity index (χ1n) is 9.73. The van der Waals surface area contributed by atoms with E-state index in [0.29, 0.717) is 36.2 Å². The summed E-state index contributed by atoms with van der Waals surface area (Å²) in [6, 6.07) is 17.3. The fraction of sp³-hybridized carbons (Fsp3) is 0.318. The van der Waals surface area contributed by atoms with E-state index in [1.165, 1.54) is 0 Å². The highest BCUT2D eigenvalue weighted by molar-refractivity contribution is 6.30. The average Bonchev–Trinajstić information content (AvgIpc) is 2.76. The lowest BCUT2D eigenvalue weighted by Gasteiger charge is -2.32. The van der Waals surface area contributed by atoms with Crippen LogP contribution in [0.1, 0.15) is 24.3 Å². The average molecular weight is 411 g/mol. The largest absolute Gasteiger partial charge is 0.379 e. The fourth-order valence-electron chi connectivity index (χ4n) is 3.49. The number of hydrogen-bond donors (Lipinski definition) is 0. The number of halogens is 1. The molecule has 6 nitrogen and oxygen atoms in total. The Kier molecular flexibility index (Phi) is 6.04. The lowest BCUT2D eigenvalue weighted by Crippen LogP contribution is -2.44. The van der Waals surface area contributed by atoms with Gasteiger partial charge in [0.2, 0.25) is 0 Å². The summed E-state index contributed by atoms with van der Waals surface area (Å²) in [7, 11) is 0. The van der Waals surface area contributed by atoms with Crippen LogP contribution in [0.15, 0.2) is 59.4 Å². The molecule has 1 unspecified atom stereocenters. The molecular weight excluding hydrogens is 388 g/mol. The number of benzene rings is 2. The molecule has 1 aromatic heterocycles. The molecule has 0 radical (unpaired) electrons. The normalized spacial score (nSPS) is 15.9. The Labute approximate surface area is 174 Å². The lowest BCUT2D eigenvalue weighted by molar-refractivity contribution is -0.000958. The van der Waals surface area contributed by atoms with Crippen LogP contribution >= 0.6 is 11.6 Å². The summed E-state index contributed by atoms with van der Waals surface area (Å²) in [4.78, 5) is 20.1. The van der Waals surface area contributed by atoms with E-state index in [0.717, 1.165) is 24.2 Å². The molecule has 0 bridgehead atoms. The van der Waals surface area contributed by atoms with Crippen molar-refractivity contribution in [3.05, 3.63) is 81.2 Å². The van der Waals surface area contributed by atoms with E-state index in [9.17, 15) is 4.79 Å². The van der Waals surface area contributed by atoms with Crippen LogP contribution in [0.3, 0.4) is 0 Å². The predicted molar refractivity (Wildman–Crippen MR) is 113 cm³/mol. The fourth-order valence-corrected chi connectivity index (χ4v) is 3.68. The third-order valence-electron chi connectivity index (χ3n) is 5.12. The van der Waals surface area contributed by atoms with Gasteiger partial charge < -0.3 is 4.74 Å². The van der Waals surface area contributed by atoms with Gasteiger partial charge in [0.25, 0.3) is 5.56 Å². The van der Waals surface area contributed by atoms with Crippen molar-refractivity contribution < 1.29 is 4.74 Å². The predicted octanol–water partition coefficient (Wildman–Crippen LogP) is 3.40. The Morgan fingerprint density at radius 1 is 1.10 bits per heavy atom. The molecule has 29 heavy (non-hydrogen) atoms. The summed E-state index contributed by atoms with van der Waals surface area (Å²) in [5.74, 6) is 0.498. The van der Waals surface area contributed by atoms with Gasteiger partial charge in [0.05, 0.1) is 13.2 Å². The molecule has 1 aliphatic rings. The minimum absolute atomic E-state index is 0.168. The minimum atomic E-state index is -0.193. The third kappa shape index (κ3) is 4.56. The molecule has 7 heteroatoms. The van der Waals surface area contributed by atoms with Gasteiger partial charge in [0.15, 0.2) is 5.82 Å². The SMILES string of the molecule is CC(N1CCOCC1)n1nc(-c2cccc(Cl)c2)nc(Cc2ccccc2)c1=O. The molecule has 0 amide bonds. The van der Waals surface area contributed by atoms with E-state index in [2.05, 4.69) is 15.0 Å². The van der Waals surface area contributed by atoms with E-state index in [-0.39, 0.29) is 11.7 Å². The summed E-state index contributed by atoms with van der Waals surface area (Å²) in [6.45, 7) is 4.83. The standard InChI is InChI=1S/C22H23ClN4O2/c1-16(26-10-12-29-13-11-26)27-22(28)20(14-17-6-3-2-4-7-17)24-21(25-27)18-8-5-9-19(23)15-18/h2-9,15-16H,10-14H2,1H3. The van der Waals surface area contributed by atoms with E-state index < -0.39 is 0 Å². The minimum Gasteiger partial charge on any atom is -0.379 e. The first kappa shape index (κ1) is 19.8. The zero-order chi connectivity index (χ0) is 20.2. The molecule has 1 saturated heterocycles. The second kappa shape index (κ2) is 8.86. The molecule has 0 aliphatic carbocycles. The molecule has 0 spiro atoms. The van der Waals surface area contributed by atoms with Gasteiger partial charge in [-0.15, -0.1) is 5.10 Å². The maximum atomic E-state index is 13.3. The van der Waals surface area contributed by atoms with Crippen LogP contribution < -0.4 is 5.56 Å². The summed E-state index contributed by atoms with van der Waals surface area (Å²) >= 11 is 6.17. The van der Waals surface area contributed by atoms with Crippen LogP contribution in [0.4, 0.5) is 0 Å². The molecule has 1 atom stereocenters. The van der Waals surface area contributed by atoms with Crippen molar-refractivity contribution in [1.82, 2.24) is 19.7 Å². The van der Waals surface area contributed by atoms with E-state index in [4.69, 9.17) is 16.3 Å². The Morgan fingerprint density at radius 3 is 2.59 bits per heavy atom. The highest BCUT2D eigenvalue weighted by Crippen LogP contribution is 2.21. The molecule has 150 valence electrons. The summed E-state index contributed by atoms with van der Waals surface area (Å²) in [6.07, 6.45) is 0.257. The van der Waals surface area contributed by atoms with Crippen LogP contribution in [0.5, 0.6) is 0 Å². The van der Waals surface area contributed by atoms with Crippen LogP contribution in [0, 0.1) is 0 Å². The van der Waals surface area contributed by atoms with Gasteiger partial charge in [0, 0.05) is 30.1 Å². The number of ether oxygens (including phenoxy) is 1. The van der Waals surface area contributed by atoms with Crippen LogP contribution in [0.25, 0.3) is 11.4 Å². The molecule has 4 rings (SSSR count). The topological polar surface area (TPSA) is 60.2 Å². The summed E-state index contributed by atoms with van der Waals surface area (Å²) in [5, 5.41) is 5.22. The number of hydrogen-bond acceptors (Lipinski definition) is 5. The maximum Gasteiger partial charge on any atom is 0.290 e. The van der Waals surface area contributed by atoms with Crippen molar-refractivity contribution in [1.29, 1.82) is 0 Å². The zero-order valence-electron chi connectivity index (χ0n) is 16.3. The van der Waals surface area contributed by atoms with E-state index in [1.807, 2.05) is 61.5 Å². The smallest absolute Gasteiger partial charge is 0.290 e. The molecule has 2 heterocycles. The molecule has 3 aromatic rings. The van der Waals surface area contributed by atoms with Crippen LogP contribution in [-0.2, 0) is 11.2 Å². The Hall–Kier alpha value is -2.54. The van der Waals surface area contributed by atoms with Crippen LogP contribution in [0.2, 0.25) is 5.02 Å². The van der Waals surface area contributed by atoms with Gasteiger partial charge in [-0.1, -0.05) is 54.1 Å². The van der Waals surface area contributed by atoms with Crippen molar-refractivity contribution in [2.75, 3.05) is 26.3 Å². The third-order valence-corrected chi connectivity index (χ3v) is 5.36. The highest BCUT2D eigenvalue weighted by atomic mass is 35.5. The van der Waals surface area contributed by atoms with Crippen molar-refractivity contribution in [2.45, 2.75) is 19.5 Å². The number of nitrogens with zero attached hydrogens (tertiary/aromatic N) is 4. The van der Waals surface area contributed by atoms with Crippen molar-refractivity contribution in [2.24, 2.45) is 0 Å². The number of aromatic nitrogens is 3. The number of rotatable bonds is 5. The molecule has 2 aromatic carbocycles. The van der Waals surface area contributed by atoms with Gasteiger partial charge in [-0.25, -0.2) is 9.67 Å². The lowest BCUT2D eigenvalue weighted by atomic mass is 10.1. The van der Waals surface area contributed by atoms with Crippen molar-refractivity contribution in [3.63, 3.8) is 0 Å². The zero-order valence-corrected chi connectivity index (χ0v) is 17.0.